The fraction of sp³-hybridized carbons (Fsp3) is 0.400. The highest BCUT2D eigenvalue weighted by molar-refractivity contribution is 5.67. The van der Waals surface area contributed by atoms with Gasteiger partial charge in [-0.25, -0.2) is 4.79 Å². The Morgan fingerprint density at radius 1 is 1.33 bits per heavy atom. The summed E-state index contributed by atoms with van der Waals surface area (Å²) in [6.07, 6.45) is 5.64. The molecule has 3 nitrogen and oxygen atoms in total. The first-order valence-electron chi connectivity index (χ1n) is 5.93. The van der Waals surface area contributed by atoms with E-state index in [0.717, 1.165) is 17.5 Å². The Labute approximate surface area is 109 Å². The molecule has 0 saturated carbocycles. The Balaban J connectivity index is 2.33. The lowest BCUT2D eigenvalue weighted by Crippen LogP contribution is -2.33. The van der Waals surface area contributed by atoms with Crippen LogP contribution in [0.15, 0.2) is 24.3 Å². The summed E-state index contributed by atoms with van der Waals surface area (Å²) in [6, 6.07) is 7.71. The molecule has 0 saturated heterocycles. The van der Waals surface area contributed by atoms with E-state index in [2.05, 4.69) is 11.2 Å². The molecule has 0 bridgehead atoms. The topological polar surface area (TPSA) is 38.3 Å². The monoisotopic (exact) mass is 245 g/mol. The number of benzene rings is 1. The molecule has 0 aromatic heterocycles. The summed E-state index contributed by atoms with van der Waals surface area (Å²) >= 11 is 0. The van der Waals surface area contributed by atoms with Crippen molar-refractivity contribution < 1.29 is 9.53 Å². The van der Waals surface area contributed by atoms with Crippen molar-refractivity contribution in [2.24, 2.45) is 0 Å². The molecule has 0 radical (unpaired) electrons. The van der Waals surface area contributed by atoms with Gasteiger partial charge in [-0.2, -0.15) is 0 Å². The smallest absolute Gasteiger partial charge is 0.407 e. The summed E-state index contributed by atoms with van der Waals surface area (Å²) in [7, 11) is 0. The van der Waals surface area contributed by atoms with E-state index < -0.39 is 5.60 Å². The van der Waals surface area contributed by atoms with Crippen LogP contribution in [0.1, 0.15) is 31.9 Å². The second kappa shape index (κ2) is 6.11. The third-order valence-corrected chi connectivity index (χ3v) is 2.20. The molecule has 0 spiro atoms. The third kappa shape index (κ3) is 5.40. The summed E-state index contributed by atoms with van der Waals surface area (Å²) in [5, 5.41) is 2.71. The zero-order valence-electron chi connectivity index (χ0n) is 11.1. The average molecular weight is 245 g/mol. The molecule has 3 heteroatoms. The minimum absolute atomic E-state index is 0.386. The van der Waals surface area contributed by atoms with Crippen molar-refractivity contribution >= 4 is 6.09 Å². The summed E-state index contributed by atoms with van der Waals surface area (Å²) in [4.78, 5) is 11.4. The summed E-state index contributed by atoms with van der Waals surface area (Å²) in [5.74, 6) is 2.56. The van der Waals surface area contributed by atoms with Crippen LogP contribution < -0.4 is 5.32 Å². The molecular formula is C15H19NO2. The molecule has 96 valence electrons. The number of rotatable bonds is 3. The Kier molecular flexibility index (Phi) is 4.79. The maximum atomic E-state index is 11.4. The quantitative estimate of drug-likeness (QED) is 0.831. The molecule has 0 aliphatic rings. The van der Waals surface area contributed by atoms with Crippen LogP contribution in [0.5, 0.6) is 0 Å². The van der Waals surface area contributed by atoms with Gasteiger partial charge in [-0.05, 0) is 44.9 Å². The van der Waals surface area contributed by atoms with Gasteiger partial charge in [0.1, 0.15) is 5.60 Å². The van der Waals surface area contributed by atoms with Gasteiger partial charge < -0.3 is 10.1 Å². The number of hydrogen-bond acceptors (Lipinski definition) is 2. The Morgan fingerprint density at radius 2 is 1.94 bits per heavy atom. The first kappa shape index (κ1) is 14.1. The molecule has 1 aromatic rings. The van der Waals surface area contributed by atoms with Crippen LogP contribution in [0.25, 0.3) is 0 Å². The molecule has 0 atom stereocenters. The second-order valence-corrected chi connectivity index (χ2v) is 5.02. The molecule has 0 fully saturated rings. The van der Waals surface area contributed by atoms with Crippen molar-refractivity contribution in [3.8, 4) is 12.3 Å². The molecule has 1 aromatic carbocycles. The van der Waals surface area contributed by atoms with E-state index in [1.807, 2.05) is 45.0 Å². The Bertz CT molecular complexity index is 435. The fourth-order valence-corrected chi connectivity index (χ4v) is 1.39. The number of terminal acetylenes is 1. The summed E-state index contributed by atoms with van der Waals surface area (Å²) < 4.78 is 5.14. The minimum Gasteiger partial charge on any atom is -0.444 e. The van der Waals surface area contributed by atoms with Crippen molar-refractivity contribution in [2.45, 2.75) is 32.8 Å². The SMILES string of the molecule is C#Cc1ccc(CCNC(=O)OC(C)(C)C)cc1. The number of alkyl carbamates (subject to hydrolysis) is 1. The van der Waals surface area contributed by atoms with Gasteiger partial charge in [0, 0.05) is 12.1 Å². The Morgan fingerprint density at radius 3 is 2.44 bits per heavy atom. The maximum Gasteiger partial charge on any atom is 0.407 e. The van der Waals surface area contributed by atoms with Crippen LogP contribution >= 0.6 is 0 Å². The van der Waals surface area contributed by atoms with Crippen LogP contribution in [0.2, 0.25) is 0 Å². The minimum atomic E-state index is -0.460. The van der Waals surface area contributed by atoms with Crippen LogP contribution in [-0.4, -0.2) is 18.2 Å². The van der Waals surface area contributed by atoms with Crippen molar-refractivity contribution in [3.63, 3.8) is 0 Å². The highest BCUT2D eigenvalue weighted by atomic mass is 16.6. The van der Waals surface area contributed by atoms with Crippen LogP contribution in [0, 0.1) is 12.3 Å². The fourth-order valence-electron chi connectivity index (χ4n) is 1.39. The van der Waals surface area contributed by atoms with E-state index in [4.69, 9.17) is 11.2 Å². The molecule has 0 aliphatic heterocycles. The number of hydrogen-bond donors (Lipinski definition) is 1. The molecular weight excluding hydrogens is 226 g/mol. The normalized spacial score (nSPS) is 10.6. The van der Waals surface area contributed by atoms with Crippen molar-refractivity contribution in [1.29, 1.82) is 0 Å². The highest BCUT2D eigenvalue weighted by Gasteiger charge is 2.15. The molecule has 1 N–H and O–H groups in total. The van der Waals surface area contributed by atoms with E-state index in [-0.39, 0.29) is 6.09 Å². The highest BCUT2D eigenvalue weighted by Crippen LogP contribution is 2.07. The van der Waals surface area contributed by atoms with Gasteiger partial charge in [-0.3, -0.25) is 0 Å². The van der Waals surface area contributed by atoms with Gasteiger partial charge in [-0.15, -0.1) is 6.42 Å². The maximum absolute atomic E-state index is 11.4. The first-order valence-corrected chi connectivity index (χ1v) is 5.93. The lowest BCUT2D eigenvalue weighted by atomic mass is 10.1. The van der Waals surface area contributed by atoms with Crippen LogP contribution in [0.4, 0.5) is 4.79 Å². The number of nitrogens with one attached hydrogen (secondary N) is 1. The molecule has 1 rings (SSSR count). The van der Waals surface area contributed by atoms with E-state index in [9.17, 15) is 4.79 Å². The first-order chi connectivity index (χ1) is 8.40. The van der Waals surface area contributed by atoms with Gasteiger partial charge in [0.25, 0.3) is 0 Å². The number of carbonyl (C=O) groups is 1. The predicted octanol–water partition coefficient (Wildman–Crippen LogP) is 2.74. The zero-order valence-corrected chi connectivity index (χ0v) is 11.1. The number of carbonyl (C=O) groups excluding carboxylic acids is 1. The van der Waals surface area contributed by atoms with Gasteiger partial charge >= 0.3 is 6.09 Å². The van der Waals surface area contributed by atoms with Crippen molar-refractivity contribution in [1.82, 2.24) is 5.32 Å². The van der Waals surface area contributed by atoms with Gasteiger partial charge in [0.05, 0.1) is 0 Å². The largest absolute Gasteiger partial charge is 0.444 e. The predicted molar refractivity (Wildman–Crippen MR) is 72.3 cm³/mol. The van der Waals surface area contributed by atoms with Crippen LogP contribution in [0.3, 0.4) is 0 Å². The van der Waals surface area contributed by atoms with Crippen molar-refractivity contribution in [3.05, 3.63) is 35.4 Å². The van der Waals surface area contributed by atoms with E-state index in [0.29, 0.717) is 6.54 Å². The molecule has 18 heavy (non-hydrogen) atoms. The van der Waals surface area contributed by atoms with Gasteiger partial charge in [0.2, 0.25) is 0 Å². The zero-order chi connectivity index (χ0) is 13.6. The number of ether oxygens (including phenoxy) is 1. The molecule has 0 unspecified atom stereocenters. The van der Waals surface area contributed by atoms with Crippen molar-refractivity contribution in [2.75, 3.05) is 6.54 Å². The second-order valence-electron chi connectivity index (χ2n) is 5.02. The number of amides is 1. The summed E-state index contributed by atoms with van der Waals surface area (Å²) in [6.45, 7) is 6.06. The lowest BCUT2D eigenvalue weighted by molar-refractivity contribution is 0.0528. The standard InChI is InChI=1S/C15H19NO2/c1-5-12-6-8-13(9-7-12)10-11-16-14(17)18-15(2,3)4/h1,6-9H,10-11H2,2-4H3,(H,16,17). The van der Waals surface area contributed by atoms with Gasteiger partial charge in [0.15, 0.2) is 0 Å². The average Bonchev–Trinajstić information content (AvgIpc) is 2.27. The van der Waals surface area contributed by atoms with E-state index in [1.165, 1.54) is 0 Å². The van der Waals surface area contributed by atoms with E-state index >= 15 is 0 Å². The molecule has 1 amide bonds. The summed E-state index contributed by atoms with van der Waals surface area (Å²) in [5.41, 5.74) is 1.53. The molecule has 0 aliphatic carbocycles. The molecule has 0 heterocycles. The van der Waals surface area contributed by atoms with E-state index in [1.54, 1.807) is 0 Å². The lowest BCUT2D eigenvalue weighted by Gasteiger charge is -2.19. The van der Waals surface area contributed by atoms with Crippen LogP contribution in [-0.2, 0) is 11.2 Å². The Hall–Kier alpha value is -1.95. The third-order valence-electron chi connectivity index (χ3n) is 2.20. The van der Waals surface area contributed by atoms with Gasteiger partial charge in [-0.1, -0.05) is 18.1 Å².